The zero-order valence-corrected chi connectivity index (χ0v) is 12.4. The smallest absolute Gasteiger partial charge is 0.255 e. The number of nitrogens with one attached hydrogen (secondary N) is 2. The fourth-order valence-electron chi connectivity index (χ4n) is 1.67. The number of rotatable bonds is 3. The van der Waals surface area contributed by atoms with Crippen LogP contribution in [0.15, 0.2) is 46.9 Å². The van der Waals surface area contributed by atoms with Crippen LogP contribution in [0.4, 0.5) is 11.4 Å². The number of carbonyl (C=O) groups excluding carboxylic acids is 1. The third-order valence-electron chi connectivity index (χ3n) is 2.78. The molecule has 5 heteroatoms. The molecule has 0 atom stereocenters. The van der Waals surface area contributed by atoms with Crippen molar-refractivity contribution in [3.8, 4) is 6.07 Å². The van der Waals surface area contributed by atoms with Crippen LogP contribution in [0, 0.1) is 11.3 Å². The molecule has 1 amide bonds. The lowest BCUT2D eigenvalue weighted by molar-refractivity contribution is 0.102. The van der Waals surface area contributed by atoms with Gasteiger partial charge in [-0.15, -0.1) is 0 Å². The Hall–Kier alpha value is -2.32. The summed E-state index contributed by atoms with van der Waals surface area (Å²) < 4.78 is 0.678. The molecular formula is C15H12BrN3O. The van der Waals surface area contributed by atoms with Crippen LogP contribution in [0.2, 0.25) is 0 Å². The lowest BCUT2D eigenvalue weighted by atomic mass is 10.1. The Balaban J connectivity index is 2.17. The van der Waals surface area contributed by atoms with Crippen molar-refractivity contribution in [1.29, 1.82) is 5.26 Å². The number of carbonyl (C=O) groups is 1. The average Bonchev–Trinajstić information content (AvgIpc) is 2.49. The maximum absolute atomic E-state index is 12.1. The van der Waals surface area contributed by atoms with Gasteiger partial charge in [-0.2, -0.15) is 5.26 Å². The van der Waals surface area contributed by atoms with Gasteiger partial charge in [-0.1, -0.05) is 0 Å². The third-order valence-corrected chi connectivity index (χ3v) is 3.44. The van der Waals surface area contributed by atoms with Crippen LogP contribution in [-0.2, 0) is 0 Å². The summed E-state index contributed by atoms with van der Waals surface area (Å²) in [5, 5.41) is 14.6. The van der Waals surface area contributed by atoms with Gasteiger partial charge in [0.05, 0.1) is 17.3 Å². The molecule has 0 saturated carbocycles. The van der Waals surface area contributed by atoms with Gasteiger partial charge in [0.15, 0.2) is 0 Å². The van der Waals surface area contributed by atoms with Gasteiger partial charge in [0.2, 0.25) is 0 Å². The second-order valence-corrected chi connectivity index (χ2v) is 4.94. The second-order valence-electron chi connectivity index (χ2n) is 4.09. The molecule has 2 aromatic carbocycles. The number of nitrogens with zero attached hydrogens (tertiary/aromatic N) is 1. The number of benzene rings is 2. The van der Waals surface area contributed by atoms with Crippen LogP contribution >= 0.6 is 15.9 Å². The molecule has 2 aromatic rings. The van der Waals surface area contributed by atoms with Gasteiger partial charge in [-0.05, 0) is 58.4 Å². The SMILES string of the molecule is CNc1ccc(C(=O)Nc2ccc(C#N)cc2Br)cc1. The molecule has 0 heterocycles. The first-order valence-electron chi connectivity index (χ1n) is 5.93. The van der Waals surface area contributed by atoms with Crippen molar-refractivity contribution < 1.29 is 4.79 Å². The highest BCUT2D eigenvalue weighted by atomic mass is 79.9. The predicted molar refractivity (Wildman–Crippen MR) is 82.8 cm³/mol. The van der Waals surface area contributed by atoms with Gasteiger partial charge < -0.3 is 10.6 Å². The molecule has 0 aromatic heterocycles. The minimum Gasteiger partial charge on any atom is -0.388 e. The van der Waals surface area contributed by atoms with E-state index in [1.165, 1.54) is 0 Å². The maximum atomic E-state index is 12.1. The Morgan fingerprint density at radius 1 is 1.20 bits per heavy atom. The van der Waals surface area contributed by atoms with Gasteiger partial charge in [-0.3, -0.25) is 4.79 Å². The van der Waals surface area contributed by atoms with Crippen LogP contribution in [0.3, 0.4) is 0 Å². The molecular weight excluding hydrogens is 318 g/mol. The molecule has 0 radical (unpaired) electrons. The molecule has 2 rings (SSSR count). The zero-order chi connectivity index (χ0) is 14.5. The summed E-state index contributed by atoms with van der Waals surface area (Å²) in [4.78, 5) is 12.1. The van der Waals surface area contributed by atoms with Crippen molar-refractivity contribution in [2.75, 3.05) is 17.7 Å². The molecule has 0 unspecified atom stereocenters. The Morgan fingerprint density at radius 3 is 2.45 bits per heavy atom. The number of halogens is 1. The summed E-state index contributed by atoms with van der Waals surface area (Å²) in [6, 6.07) is 14.2. The van der Waals surface area contributed by atoms with Gasteiger partial charge in [-0.25, -0.2) is 0 Å². The number of hydrogen-bond acceptors (Lipinski definition) is 3. The topological polar surface area (TPSA) is 64.9 Å². The van der Waals surface area contributed by atoms with E-state index in [0.717, 1.165) is 5.69 Å². The molecule has 0 aliphatic rings. The van der Waals surface area contributed by atoms with E-state index in [1.54, 1.807) is 30.3 Å². The first kappa shape index (κ1) is 14.1. The van der Waals surface area contributed by atoms with E-state index in [0.29, 0.717) is 21.3 Å². The van der Waals surface area contributed by atoms with E-state index >= 15 is 0 Å². The molecule has 4 nitrogen and oxygen atoms in total. The fourth-order valence-corrected chi connectivity index (χ4v) is 2.15. The molecule has 0 aliphatic heterocycles. The van der Waals surface area contributed by atoms with Crippen molar-refractivity contribution in [3.63, 3.8) is 0 Å². The predicted octanol–water partition coefficient (Wildman–Crippen LogP) is 3.61. The summed E-state index contributed by atoms with van der Waals surface area (Å²) in [5.74, 6) is -0.196. The van der Waals surface area contributed by atoms with Crippen LogP contribution < -0.4 is 10.6 Å². The van der Waals surface area contributed by atoms with Gasteiger partial charge in [0, 0.05) is 22.8 Å². The molecule has 0 bridgehead atoms. The van der Waals surface area contributed by atoms with Crippen LogP contribution in [0.25, 0.3) is 0 Å². The zero-order valence-electron chi connectivity index (χ0n) is 10.8. The van der Waals surface area contributed by atoms with E-state index in [2.05, 4.69) is 26.6 Å². The third kappa shape index (κ3) is 3.16. The van der Waals surface area contributed by atoms with Gasteiger partial charge in [0.1, 0.15) is 0 Å². The highest BCUT2D eigenvalue weighted by molar-refractivity contribution is 9.10. The van der Waals surface area contributed by atoms with Gasteiger partial charge >= 0.3 is 0 Å². The van der Waals surface area contributed by atoms with Crippen molar-refractivity contribution in [3.05, 3.63) is 58.1 Å². The highest BCUT2D eigenvalue weighted by Crippen LogP contribution is 2.24. The number of hydrogen-bond donors (Lipinski definition) is 2. The van der Waals surface area contributed by atoms with Crippen molar-refractivity contribution in [2.24, 2.45) is 0 Å². The normalized spacial score (nSPS) is 9.65. The lowest BCUT2D eigenvalue weighted by Crippen LogP contribution is -2.12. The fraction of sp³-hybridized carbons (Fsp3) is 0.0667. The van der Waals surface area contributed by atoms with E-state index in [1.807, 2.05) is 25.2 Å². The largest absolute Gasteiger partial charge is 0.388 e. The monoisotopic (exact) mass is 329 g/mol. The lowest BCUT2D eigenvalue weighted by Gasteiger charge is -2.08. The van der Waals surface area contributed by atoms with E-state index in [9.17, 15) is 4.79 Å². The van der Waals surface area contributed by atoms with Crippen molar-refractivity contribution >= 4 is 33.2 Å². The quantitative estimate of drug-likeness (QED) is 0.903. The minimum atomic E-state index is -0.196. The highest BCUT2D eigenvalue weighted by Gasteiger charge is 2.08. The number of amides is 1. The molecule has 0 fully saturated rings. The van der Waals surface area contributed by atoms with Crippen LogP contribution in [-0.4, -0.2) is 13.0 Å². The molecule has 2 N–H and O–H groups in total. The molecule has 100 valence electrons. The van der Waals surface area contributed by atoms with E-state index < -0.39 is 0 Å². The maximum Gasteiger partial charge on any atom is 0.255 e. The average molecular weight is 330 g/mol. The number of anilines is 2. The molecule has 0 aliphatic carbocycles. The van der Waals surface area contributed by atoms with Crippen molar-refractivity contribution in [2.45, 2.75) is 0 Å². The Bertz CT molecular complexity index is 675. The van der Waals surface area contributed by atoms with Crippen molar-refractivity contribution in [1.82, 2.24) is 0 Å². The van der Waals surface area contributed by atoms with Crippen LogP contribution in [0.5, 0.6) is 0 Å². The molecule has 0 saturated heterocycles. The second kappa shape index (κ2) is 6.22. The summed E-state index contributed by atoms with van der Waals surface area (Å²) in [7, 11) is 1.82. The Labute approximate surface area is 125 Å². The summed E-state index contributed by atoms with van der Waals surface area (Å²) >= 11 is 3.34. The Morgan fingerprint density at radius 2 is 1.90 bits per heavy atom. The van der Waals surface area contributed by atoms with Gasteiger partial charge in [0.25, 0.3) is 5.91 Å². The van der Waals surface area contributed by atoms with E-state index in [4.69, 9.17) is 5.26 Å². The summed E-state index contributed by atoms with van der Waals surface area (Å²) in [6.45, 7) is 0. The number of nitriles is 1. The first-order chi connectivity index (χ1) is 9.63. The summed E-state index contributed by atoms with van der Waals surface area (Å²) in [5.41, 5.74) is 2.68. The molecule has 0 spiro atoms. The van der Waals surface area contributed by atoms with Crippen LogP contribution in [0.1, 0.15) is 15.9 Å². The first-order valence-corrected chi connectivity index (χ1v) is 6.72. The molecule has 20 heavy (non-hydrogen) atoms. The van der Waals surface area contributed by atoms with E-state index in [-0.39, 0.29) is 5.91 Å². The standard InChI is InChI=1S/C15H12BrN3O/c1-18-12-5-3-11(4-6-12)15(20)19-14-7-2-10(9-17)8-13(14)16/h2-8,18H,1H3,(H,19,20). The Kier molecular flexibility index (Phi) is 4.38. The summed E-state index contributed by atoms with van der Waals surface area (Å²) in [6.07, 6.45) is 0. The minimum absolute atomic E-state index is 0.196.